The Kier molecular flexibility index (Phi) is 5.24. The summed E-state index contributed by atoms with van der Waals surface area (Å²) in [6.07, 6.45) is 7.11. The van der Waals surface area contributed by atoms with Gasteiger partial charge < -0.3 is 5.32 Å². The zero-order valence-electron chi connectivity index (χ0n) is 11.8. The average Bonchev–Trinajstić information content (AvgIpc) is 2.41. The Labute approximate surface area is 124 Å². The molecule has 0 unspecified atom stereocenters. The average molecular weight is 297 g/mol. The molecule has 1 saturated carbocycles. The molecule has 1 aromatic carbocycles. The summed E-state index contributed by atoms with van der Waals surface area (Å²) < 4.78 is 0. The molecule has 1 aliphatic carbocycles. The third-order valence-corrected chi connectivity index (χ3v) is 4.38. The van der Waals surface area contributed by atoms with Crippen molar-refractivity contribution in [3.05, 3.63) is 33.3 Å². The molecule has 0 aromatic heterocycles. The van der Waals surface area contributed by atoms with Gasteiger partial charge in [-0.2, -0.15) is 0 Å². The van der Waals surface area contributed by atoms with E-state index in [4.69, 9.17) is 11.6 Å². The maximum Gasteiger partial charge on any atom is 0.310 e. The van der Waals surface area contributed by atoms with Gasteiger partial charge in [-0.25, -0.2) is 0 Å². The number of nitro benzene ring substituents is 1. The molecule has 0 amide bonds. The first kappa shape index (κ1) is 15.1. The molecule has 20 heavy (non-hydrogen) atoms. The first-order valence-electron chi connectivity index (χ1n) is 7.31. The Hall–Kier alpha value is -1.29. The van der Waals surface area contributed by atoms with Gasteiger partial charge in [-0.3, -0.25) is 10.1 Å². The van der Waals surface area contributed by atoms with Crippen LogP contribution in [-0.4, -0.2) is 11.0 Å². The van der Waals surface area contributed by atoms with Crippen molar-refractivity contribution in [3.8, 4) is 0 Å². The van der Waals surface area contributed by atoms with Crippen molar-refractivity contribution in [1.29, 1.82) is 0 Å². The number of rotatable bonds is 5. The number of nitrogens with one attached hydrogen (secondary N) is 1. The first-order valence-corrected chi connectivity index (χ1v) is 7.69. The quantitative estimate of drug-likeness (QED) is 0.613. The van der Waals surface area contributed by atoms with Gasteiger partial charge in [0.1, 0.15) is 10.7 Å². The SMILES string of the molecule is CCCC1CCC(Nc2cccc(Cl)c2[N+](=O)[O-])CC1. The summed E-state index contributed by atoms with van der Waals surface area (Å²) in [4.78, 5) is 10.7. The molecule has 1 fully saturated rings. The number of nitro groups is 1. The molecule has 0 saturated heterocycles. The summed E-state index contributed by atoms with van der Waals surface area (Å²) in [5.41, 5.74) is 0.534. The lowest BCUT2D eigenvalue weighted by Gasteiger charge is -2.29. The monoisotopic (exact) mass is 296 g/mol. The highest BCUT2D eigenvalue weighted by molar-refractivity contribution is 6.33. The molecular formula is C15H21ClN2O2. The highest BCUT2D eigenvalue weighted by atomic mass is 35.5. The Morgan fingerprint density at radius 1 is 1.35 bits per heavy atom. The molecule has 110 valence electrons. The lowest BCUT2D eigenvalue weighted by molar-refractivity contribution is -0.383. The van der Waals surface area contributed by atoms with Crippen molar-refractivity contribution in [1.82, 2.24) is 0 Å². The Bertz CT molecular complexity index is 471. The summed E-state index contributed by atoms with van der Waals surface area (Å²) in [6, 6.07) is 5.37. The Morgan fingerprint density at radius 2 is 2.05 bits per heavy atom. The van der Waals surface area contributed by atoms with Crippen LogP contribution in [0.3, 0.4) is 0 Å². The molecule has 4 nitrogen and oxygen atoms in total. The molecule has 1 aromatic rings. The van der Waals surface area contributed by atoms with E-state index in [2.05, 4.69) is 12.2 Å². The van der Waals surface area contributed by atoms with E-state index in [0.717, 1.165) is 18.8 Å². The van der Waals surface area contributed by atoms with Crippen molar-refractivity contribution in [2.45, 2.75) is 51.5 Å². The lowest BCUT2D eigenvalue weighted by atomic mass is 9.83. The van der Waals surface area contributed by atoms with Crippen LogP contribution in [-0.2, 0) is 0 Å². The summed E-state index contributed by atoms with van der Waals surface area (Å²) in [6.45, 7) is 2.22. The standard InChI is InChI=1S/C15H21ClN2O2/c1-2-4-11-7-9-12(10-8-11)17-14-6-3-5-13(16)15(14)18(19)20/h3,5-6,11-12,17H,2,4,7-10H2,1H3. The predicted molar refractivity (Wildman–Crippen MR) is 82.4 cm³/mol. The van der Waals surface area contributed by atoms with Crippen LogP contribution in [0.15, 0.2) is 18.2 Å². The normalized spacial score (nSPS) is 22.5. The second-order valence-corrected chi connectivity index (χ2v) is 5.95. The Morgan fingerprint density at radius 3 is 2.65 bits per heavy atom. The minimum atomic E-state index is -0.409. The van der Waals surface area contributed by atoms with Crippen LogP contribution in [0, 0.1) is 16.0 Å². The van der Waals surface area contributed by atoms with Gasteiger partial charge in [0.05, 0.1) is 4.92 Å². The Balaban J connectivity index is 2.01. The first-order chi connectivity index (χ1) is 9.61. The van der Waals surface area contributed by atoms with Crippen molar-refractivity contribution in [3.63, 3.8) is 0 Å². The summed E-state index contributed by atoms with van der Waals surface area (Å²) in [7, 11) is 0. The van der Waals surface area contributed by atoms with E-state index in [1.807, 2.05) is 0 Å². The fraction of sp³-hybridized carbons (Fsp3) is 0.600. The van der Waals surface area contributed by atoms with E-state index in [0.29, 0.717) is 11.7 Å². The summed E-state index contributed by atoms with van der Waals surface area (Å²) >= 11 is 5.92. The fourth-order valence-corrected chi connectivity index (χ4v) is 3.28. The van der Waals surface area contributed by atoms with Crippen LogP contribution >= 0.6 is 11.6 Å². The van der Waals surface area contributed by atoms with Crippen molar-refractivity contribution in [2.24, 2.45) is 5.92 Å². The zero-order valence-corrected chi connectivity index (χ0v) is 12.5. The van der Waals surface area contributed by atoms with E-state index in [9.17, 15) is 10.1 Å². The number of halogens is 1. The molecule has 0 heterocycles. The molecule has 1 aliphatic rings. The number of benzene rings is 1. The molecule has 0 atom stereocenters. The molecule has 1 N–H and O–H groups in total. The fourth-order valence-electron chi connectivity index (χ4n) is 3.04. The van der Waals surface area contributed by atoms with E-state index in [-0.39, 0.29) is 10.7 Å². The van der Waals surface area contributed by atoms with Crippen LogP contribution in [0.4, 0.5) is 11.4 Å². The second-order valence-electron chi connectivity index (χ2n) is 5.54. The van der Waals surface area contributed by atoms with Crippen LogP contribution in [0.2, 0.25) is 5.02 Å². The smallest absolute Gasteiger partial charge is 0.310 e. The van der Waals surface area contributed by atoms with E-state index in [1.54, 1.807) is 18.2 Å². The highest BCUT2D eigenvalue weighted by Gasteiger charge is 2.24. The van der Waals surface area contributed by atoms with Crippen molar-refractivity contribution >= 4 is 23.0 Å². The predicted octanol–water partition coefficient (Wildman–Crippen LogP) is 5.02. The molecule has 0 aliphatic heterocycles. The van der Waals surface area contributed by atoms with Crippen LogP contribution in [0.1, 0.15) is 45.4 Å². The van der Waals surface area contributed by atoms with Crippen LogP contribution in [0.25, 0.3) is 0 Å². The topological polar surface area (TPSA) is 55.2 Å². The molecular weight excluding hydrogens is 276 g/mol. The number of hydrogen-bond donors (Lipinski definition) is 1. The summed E-state index contributed by atoms with van der Waals surface area (Å²) in [5.74, 6) is 0.826. The van der Waals surface area contributed by atoms with Crippen molar-refractivity contribution < 1.29 is 4.92 Å². The molecule has 0 radical (unpaired) electrons. The number of nitrogens with zero attached hydrogens (tertiary/aromatic N) is 1. The lowest BCUT2D eigenvalue weighted by Crippen LogP contribution is -2.26. The van der Waals surface area contributed by atoms with Gasteiger partial charge in [0.25, 0.3) is 0 Å². The van der Waals surface area contributed by atoms with Gasteiger partial charge in [0, 0.05) is 6.04 Å². The van der Waals surface area contributed by atoms with E-state index < -0.39 is 4.92 Å². The minimum absolute atomic E-state index is 0.00940. The maximum absolute atomic E-state index is 11.1. The van der Waals surface area contributed by atoms with Gasteiger partial charge >= 0.3 is 5.69 Å². The van der Waals surface area contributed by atoms with Crippen LogP contribution < -0.4 is 5.32 Å². The molecule has 0 bridgehead atoms. The number of hydrogen-bond acceptors (Lipinski definition) is 3. The number of anilines is 1. The maximum atomic E-state index is 11.1. The minimum Gasteiger partial charge on any atom is -0.377 e. The molecule has 2 rings (SSSR count). The van der Waals surface area contributed by atoms with E-state index in [1.165, 1.54) is 25.7 Å². The van der Waals surface area contributed by atoms with Gasteiger partial charge in [-0.1, -0.05) is 37.4 Å². The molecule has 5 heteroatoms. The third-order valence-electron chi connectivity index (χ3n) is 4.07. The van der Waals surface area contributed by atoms with Crippen LogP contribution in [0.5, 0.6) is 0 Å². The highest BCUT2D eigenvalue weighted by Crippen LogP contribution is 2.35. The number of para-hydroxylation sites is 1. The molecule has 0 spiro atoms. The van der Waals surface area contributed by atoms with Gasteiger partial charge in [-0.15, -0.1) is 0 Å². The van der Waals surface area contributed by atoms with E-state index >= 15 is 0 Å². The van der Waals surface area contributed by atoms with Gasteiger partial charge in [-0.05, 0) is 43.7 Å². The third kappa shape index (κ3) is 3.63. The van der Waals surface area contributed by atoms with Gasteiger partial charge in [0.2, 0.25) is 0 Å². The zero-order chi connectivity index (χ0) is 14.5. The van der Waals surface area contributed by atoms with Gasteiger partial charge in [0.15, 0.2) is 0 Å². The second kappa shape index (κ2) is 6.93. The summed E-state index contributed by atoms with van der Waals surface area (Å²) in [5, 5.41) is 14.6. The largest absolute Gasteiger partial charge is 0.377 e. The van der Waals surface area contributed by atoms with Crippen molar-refractivity contribution in [2.75, 3.05) is 5.32 Å².